The van der Waals surface area contributed by atoms with Gasteiger partial charge in [0.1, 0.15) is 0 Å². The van der Waals surface area contributed by atoms with Crippen molar-refractivity contribution in [3.05, 3.63) is 30.0 Å². The van der Waals surface area contributed by atoms with Gasteiger partial charge in [-0.15, -0.1) is 0 Å². The van der Waals surface area contributed by atoms with E-state index in [1.165, 1.54) is 22.3 Å². The monoisotopic (exact) mass is 231 g/mol. The Morgan fingerprint density at radius 2 is 2.06 bits per heavy atom. The molecule has 92 valence electrons. The van der Waals surface area contributed by atoms with Crippen molar-refractivity contribution >= 4 is 16.6 Å². The predicted molar refractivity (Wildman–Crippen MR) is 74.6 cm³/mol. The zero-order valence-corrected chi connectivity index (χ0v) is 10.8. The minimum absolute atomic E-state index is 0.253. The first kappa shape index (κ1) is 12.0. The average molecular weight is 231 g/mol. The third-order valence-corrected chi connectivity index (χ3v) is 3.16. The number of nitrogens with two attached hydrogens (primary N) is 1. The lowest BCUT2D eigenvalue weighted by atomic mass is 10.2. The topological polar surface area (TPSA) is 45.0 Å². The summed E-state index contributed by atoms with van der Waals surface area (Å²) in [6, 6.07) is 8.67. The Labute approximate surface area is 103 Å². The fourth-order valence-corrected chi connectivity index (χ4v) is 2.26. The van der Waals surface area contributed by atoms with Gasteiger partial charge in [0.25, 0.3) is 0 Å². The largest absolute Gasteiger partial charge is 0.373 e. The number of fused-ring (bicyclic) bond motifs is 1. The predicted octanol–water partition coefficient (Wildman–Crippen LogP) is 2.65. The van der Waals surface area contributed by atoms with Crippen LogP contribution in [-0.2, 0) is 0 Å². The zero-order valence-electron chi connectivity index (χ0n) is 10.8. The van der Waals surface area contributed by atoms with Crippen molar-refractivity contribution in [2.24, 2.45) is 5.73 Å². The molecule has 0 radical (unpaired) electrons. The van der Waals surface area contributed by atoms with Gasteiger partial charge in [-0.1, -0.05) is 18.2 Å². The van der Waals surface area contributed by atoms with Gasteiger partial charge in [0.2, 0.25) is 0 Å². The Morgan fingerprint density at radius 3 is 2.76 bits per heavy atom. The number of nitrogens with zero attached hydrogens (tertiary/aromatic N) is 1. The summed E-state index contributed by atoms with van der Waals surface area (Å²) in [5, 5.41) is 1.29. The molecule has 1 atom stereocenters. The van der Waals surface area contributed by atoms with E-state index in [2.05, 4.69) is 55.0 Å². The maximum Gasteiger partial charge on any atom is 0.0651 e. The number of hydrogen-bond donors (Lipinski definition) is 2. The highest BCUT2D eigenvalue weighted by atomic mass is 15.1. The molecule has 1 heterocycles. The molecule has 3 N–H and O–H groups in total. The molecule has 0 amide bonds. The van der Waals surface area contributed by atoms with Crippen molar-refractivity contribution in [2.75, 3.05) is 18.5 Å². The lowest BCUT2D eigenvalue weighted by Gasteiger charge is -2.20. The zero-order chi connectivity index (χ0) is 12.4. The van der Waals surface area contributed by atoms with Crippen LogP contribution in [0.15, 0.2) is 24.3 Å². The van der Waals surface area contributed by atoms with Crippen LogP contribution in [0.2, 0.25) is 0 Å². The number of H-pyrrole nitrogens is 1. The molecule has 0 fully saturated rings. The number of benzene rings is 1. The van der Waals surface area contributed by atoms with Crippen molar-refractivity contribution in [2.45, 2.75) is 26.3 Å². The Hall–Kier alpha value is -1.48. The molecule has 2 rings (SSSR count). The van der Waals surface area contributed by atoms with E-state index in [1.54, 1.807) is 0 Å². The maximum absolute atomic E-state index is 5.81. The molecule has 2 aromatic rings. The highest BCUT2D eigenvalue weighted by Gasteiger charge is 2.12. The summed E-state index contributed by atoms with van der Waals surface area (Å²) in [6.45, 7) is 5.16. The number of para-hydroxylation sites is 1. The van der Waals surface area contributed by atoms with Gasteiger partial charge in [-0.3, -0.25) is 0 Å². The number of nitrogens with one attached hydrogen (secondary N) is 1. The Kier molecular flexibility index (Phi) is 3.38. The minimum Gasteiger partial charge on any atom is -0.373 e. The first-order valence-corrected chi connectivity index (χ1v) is 6.13. The molecule has 0 aliphatic rings. The summed E-state index contributed by atoms with van der Waals surface area (Å²) in [5.74, 6) is 0. The lowest BCUT2D eigenvalue weighted by Crippen LogP contribution is -2.26. The second-order valence-electron chi connectivity index (χ2n) is 4.83. The van der Waals surface area contributed by atoms with E-state index in [1.807, 2.05) is 0 Å². The number of aromatic nitrogens is 1. The molecular formula is C14H21N3. The fourth-order valence-electron chi connectivity index (χ4n) is 2.26. The van der Waals surface area contributed by atoms with Crippen molar-refractivity contribution in [3.8, 4) is 0 Å². The summed E-state index contributed by atoms with van der Waals surface area (Å²) in [6.07, 6.45) is 1.01. The second kappa shape index (κ2) is 4.80. The first-order valence-electron chi connectivity index (χ1n) is 6.13. The van der Waals surface area contributed by atoms with Crippen LogP contribution in [-0.4, -0.2) is 24.6 Å². The standard InChI is InChI=1S/C14H21N3/c1-10(15)8-9-17(3)14-11(2)16-13-7-5-4-6-12(13)14/h4-7,10,16H,8-9,15H2,1-3H3. The van der Waals surface area contributed by atoms with E-state index in [9.17, 15) is 0 Å². The van der Waals surface area contributed by atoms with Gasteiger partial charge in [0.15, 0.2) is 0 Å². The molecule has 0 saturated carbocycles. The van der Waals surface area contributed by atoms with Gasteiger partial charge in [-0.25, -0.2) is 0 Å². The van der Waals surface area contributed by atoms with Crippen LogP contribution >= 0.6 is 0 Å². The van der Waals surface area contributed by atoms with E-state index in [4.69, 9.17) is 5.73 Å². The van der Waals surface area contributed by atoms with Crippen LogP contribution in [0.4, 0.5) is 5.69 Å². The van der Waals surface area contributed by atoms with E-state index >= 15 is 0 Å². The number of anilines is 1. The molecule has 0 bridgehead atoms. The summed E-state index contributed by atoms with van der Waals surface area (Å²) in [5.41, 5.74) is 9.53. The molecule has 1 aromatic heterocycles. The normalized spacial score (nSPS) is 12.9. The number of rotatable bonds is 4. The molecule has 0 spiro atoms. The quantitative estimate of drug-likeness (QED) is 0.849. The highest BCUT2D eigenvalue weighted by molar-refractivity contribution is 5.94. The fraction of sp³-hybridized carbons (Fsp3) is 0.429. The van der Waals surface area contributed by atoms with Gasteiger partial charge >= 0.3 is 0 Å². The Bertz CT molecular complexity index is 499. The van der Waals surface area contributed by atoms with Crippen molar-refractivity contribution in [1.82, 2.24) is 4.98 Å². The molecular weight excluding hydrogens is 210 g/mol. The smallest absolute Gasteiger partial charge is 0.0651 e. The van der Waals surface area contributed by atoms with Crippen LogP contribution in [0.3, 0.4) is 0 Å². The minimum atomic E-state index is 0.253. The van der Waals surface area contributed by atoms with Gasteiger partial charge < -0.3 is 15.6 Å². The molecule has 0 saturated heterocycles. The number of aryl methyl sites for hydroxylation is 1. The van der Waals surface area contributed by atoms with Crippen molar-refractivity contribution in [3.63, 3.8) is 0 Å². The van der Waals surface area contributed by atoms with Crippen LogP contribution in [0, 0.1) is 6.92 Å². The van der Waals surface area contributed by atoms with Crippen LogP contribution in [0.1, 0.15) is 19.0 Å². The Morgan fingerprint density at radius 1 is 1.35 bits per heavy atom. The van der Waals surface area contributed by atoms with E-state index in [0.717, 1.165) is 13.0 Å². The van der Waals surface area contributed by atoms with Gasteiger partial charge in [0, 0.05) is 36.2 Å². The second-order valence-corrected chi connectivity index (χ2v) is 4.83. The van der Waals surface area contributed by atoms with Crippen LogP contribution in [0.25, 0.3) is 10.9 Å². The van der Waals surface area contributed by atoms with Crippen LogP contribution in [0.5, 0.6) is 0 Å². The first-order chi connectivity index (χ1) is 8.09. The molecule has 0 aliphatic carbocycles. The third kappa shape index (κ3) is 2.44. The van der Waals surface area contributed by atoms with Gasteiger partial charge in [0.05, 0.1) is 5.69 Å². The number of hydrogen-bond acceptors (Lipinski definition) is 2. The van der Waals surface area contributed by atoms with Gasteiger partial charge in [-0.05, 0) is 26.3 Å². The van der Waals surface area contributed by atoms with Crippen LogP contribution < -0.4 is 10.6 Å². The van der Waals surface area contributed by atoms with Crippen molar-refractivity contribution in [1.29, 1.82) is 0 Å². The summed E-state index contributed by atoms with van der Waals surface area (Å²) in [4.78, 5) is 5.71. The molecule has 1 aromatic carbocycles. The van der Waals surface area contributed by atoms with E-state index in [-0.39, 0.29) is 6.04 Å². The Balaban J connectivity index is 2.30. The molecule has 3 nitrogen and oxygen atoms in total. The summed E-state index contributed by atoms with van der Waals surface area (Å²) < 4.78 is 0. The SMILES string of the molecule is Cc1[nH]c2ccccc2c1N(C)CCC(C)N. The van der Waals surface area contributed by atoms with Gasteiger partial charge in [-0.2, -0.15) is 0 Å². The average Bonchev–Trinajstić information content (AvgIpc) is 2.61. The summed E-state index contributed by atoms with van der Waals surface area (Å²) in [7, 11) is 2.13. The summed E-state index contributed by atoms with van der Waals surface area (Å²) >= 11 is 0. The van der Waals surface area contributed by atoms with E-state index < -0.39 is 0 Å². The van der Waals surface area contributed by atoms with E-state index in [0.29, 0.717) is 0 Å². The van der Waals surface area contributed by atoms with Crippen molar-refractivity contribution < 1.29 is 0 Å². The number of aromatic amines is 1. The highest BCUT2D eigenvalue weighted by Crippen LogP contribution is 2.29. The maximum atomic E-state index is 5.81. The molecule has 1 unspecified atom stereocenters. The molecule has 3 heteroatoms. The third-order valence-electron chi connectivity index (χ3n) is 3.16. The molecule has 17 heavy (non-hydrogen) atoms. The lowest BCUT2D eigenvalue weighted by molar-refractivity contribution is 0.659. The molecule has 0 aliphatic heterocycles.